The minimum absolute atomic E-state index is 0.0119. The summed E-state index contributed by atoms with van der Waals surface area (Å²) in [6, 6.07) is 14.1. The topological polar surface area (TPSA) is 108 Å². The Balaban J connectivity index is 1.63. The lowest BCUT2D eigenvalue weighted by Gasteiger charge is -2.29. The van der Waals surface area contributed by atoms with Crippen molar-refractivity contribution in [2.75, 3.05) is 13.2 Å². The van der Waals surface area contributed by atoms with Gasteiger partial charge in [-0.2, -0.15) is 8.42 Å². The summed E-state index contributed by atoms with van der Waals surface area (Å²) in [5.41, 5.74) is 1.48. The van der Waals surface area contributed by atoms with Crippen LogP contribution in [0.15, 0.2) is 65.6 Å². The van der Waals surface area contributed by atoms with Crippen molar-refractivity contribution in [2.24, 2.45) is 0 Å². The maximum Gasteiger partial charge on any atom is 0.339 e. The number of Topliss-reactive ketones (excluding diaryl/α,β-unsaturated/α-hetero) is 1. The molecule has 0 saturated heterocycles. The lowest BCUT2D eigenvalue weighted by molar-refractivity contribution is 0.0916. The van der Waals surface area contributed by atoms with Gasteiger partial charge in [-0.05, 0) is 75.7 Å². The number of aliphatic hydroxyl groups excluding tert-OH is 1. The highest BCUT2D eigenvalue weighted by molar-refractivity contribution is 7.87. The predicted molar refractivity (Wildman–Crippen MR) is 147 cm³/mol. The molecule has 0 aliphatic carbocycles. The van der Waals surface area contributed by atoms with Gasteiger partial charge in [-0.25, -0.2) is 0 Å². The van der Waals surface area contributed by atoms with Gasteiger partial charge >= 0.3 is 10.1 Å². The van der Waals surface area contributed by atoms with Gasteiger partial charge in [0.15, 0.2) is 12.4 Å². The third kappa shape index (κ3) is 6.61. The Morgan fingerprint density at radius 2 is 1.77 bits per heavy atom. The molecule has 0 spiro atoms. The second-order valence-electron chi connectivity index (χ2n) is 9.73. The number of carbonyl (C=O) groups excluding carboxylic acids is 1. The minimum atomic E-state index is -4.23. The highest BCUT2D eigenvalue weighted by atomic mass is 32.2. The molecule has 0 saturated carbocycles. The number of ether oxygens (including phenoxy) is 3. The van der Waals surface area contributed by atoms with Crippen LogP contribution in [-0.4, -0.2) is 38.1 Å². The maximum atomic E-state index is 13.3. The van der Waals surface area contributed by atoms with E-state index in [2.05, 4.69) is 0 Å². The van der Waals surface area contributed by atoms with Crippen LogP contribution in [0.4, 0.5) is 0 Å². The fraction of sp³-hybridized carbons (Fsp3) is 0.300. The van der Waals surface area contributed by atoms with Crippen LogP contribution < -0.4 is 18.4 Å². The molecular formula is C30H32O8S. The van der Waals surface area contributed by atoms with Crippen molar-refractivity contribution in [3.05, 3.63) is 82.9 Å². The van der Waals surface area contributed by atoms with Gasteiger partial charge in [-0.15, -0.1) is 0 Å². The Morgan fingerprint density at radius 1 is 1.03 bits per heavy atom. The van der Waals surface area contributed by atoms with E-state index in [9.17, 15) is 18.3 Å². The fourth-order valence-electron chi connectivity index (χ4n) is 3.97. The Hall–Kier alpha value is -3.82. The zero-order valence-electron chi connectivity index (χ0n) is 22.4. The van der Waals surface area contributed by atoms with Crippen LogP contribution in [0.5, 0.6) is 23.0 Å². The summed E-state index contributed by atoms with van der Waals surface area (Å²) in [7, 11) is -4.23. The number of aryl methyl sites for hydroxylation is 1. The lowest BCUT2D eigenvalue weighted by atomic mass is 9.99. The molecule has 206 valence electrons. The molecule has 39 heavy (non-hydrogen) atoms. The summed E-state index contributed by atoms with van der Waals surface area (Å²) in [4.78, 5) is 13.3. The van der Waals surface area contributed by atoms with Crippen molar-refractivity contribution in [2.45, 2.75) is 51.2 Å². The smallest absolute Gasteiger partial charge is 0.339 e. The molecule has 3 aromatic rings. The molecule has 1 N–H and O–H groups in total. The highest BCUT2D eigenvalue weighted by Gasteiger charge is 2.27. The van der Waals surface area contributed by atoms with E-state index >= 15 is 0 Å². The second kappa shape index (κ2) is 11.5. The van der Waals surface area contributed by atoms with E-state index in [1.165, 1.54) is 24.3 Å². The van der Waals surface area contributed by atoms with Gasteiger partial charge in [0.2, 0.25) is 5.78 Å². The summed E-state index contributed by atoms with van der Waals surface area (Å²) in [6.07, 6.45) is 4.44. The average molecular weight is 553 g/mol. The zero-order chi connectivity index (χ0) is 28.2. The van der Waals surface area contributed by atoms with Gasteiger partial charge in [0.05, 0.1) is 24.3 Å². The molecular weight excluding hydrogens is 520 g/mol. The number of aliphatic hydroxyl groups is 1. The monoisotopic (exact) mass is 552 g/mol. The van der Waals surface area contributed by atoms with E-state index in [0.29, 0.717) is 35.0 Å². The zero-order valence-corrected chi connectivity index (χ0v) is 23.2. The summed E-state index contributed by atoms with van der Waals surface area (Å²) >= 11 is 0. The summed E-state index contributed by atoms with van der Waals surface area (Å²) < 4.78 is 49.1. The average Bonchev–Trinajstić information content (AvgIpc) is 2.89. The minimum Gasteiger partial charge on any atom is -0.493 e. The van der Waals surface area contributed by atoms with Crippen LogP contribution in [0.25, 0.3) is 6.08 Å². The first-order valence-corrected chi connectivity index (χ1v) is 14.0. The van der Waals surface area contributed by atoms with E-state index in [1.54, 1.807) is 30.3 Å². The van der Waals surface area contributed by atoms with Crippen molar-refractivity contribution >= 4 is 22.0 Å². The maximum absolute atomic E-state index is 13.3. The SMILES string of the molecule is CCCOc1ccc(C(=O)COc2c(CO)ccc3c2C=CC(C)(C)O3)c(OS(=O)(=O)c2ccc(C)cc2)c1. The van der Waals surface area contributed by atoms with E-state index in [0.717, 1.165) is 12.0 Å². The molecule has 0 atom stereocenters. The first kappa shape index (κ1) is 28.2. The third-order valence-electron chi connectivity index (χ3n) is 6.02. The molecule has 0 aromatic heterocycles. The molecule has 9 heteroatoms. The third-order valence-corrected chi connectivity index (χ3v) is 7.26. The van der Waals surface area contributed by atoms with Crippen LogP contribution in [0.1, 0.15) is 54.2 Å². The van der Waals surface area contributed by atoms with E-state index in [1.807, 2.05) is 39.8 Å². The molecule has 0 radical (unpaired) electrons. The van der Waals surface area contributed by atoms with Gasteiger partial charge < -0.3 is 23.5 Å². The van der Waals surface area contributed by atoms with Crippen molar-refractivity contribution in [1.82, 2.24) is 0 Å². The number of fused-ring (bicyclic) bond motifs is 1. The molecule has 1 aliphatic heterocycles. The molecule has 0 unspecified atom stereocenters. The van der Waals surface area contributed by atoms with E-state index < -0.39 is 28.1 Å². The molecule has 1 heterocycles. The Bertz CT molecular complexity index is 1490. The first-order valence-electron chi connectivity index (χ1n) is 12.6. The van der Waals surface area contributed by atoms with Crippen LogP contribution in [0.2, 0.25) is 0 Å². The van der Waals surface area contributed by atoms with E-state index in [4.69, 9.17) is 18.4 Å². The normalized spacial score (nSPS) is 13.8. The molecule has 1 aliphatic rings. The van der Waals surface area contributed by atoms with Gasteiger partial charge in [0.1, 0.15) is 27.7 Å². The number of carbonyl (C=O) groups is 1. The molecule has 3 aromatic carbocycles. The summed E-state index contributed by atoms with van der Waals surface area (Å²) in [5, 5.41) is 9.87. The van der Waals surface area contributed by atoms with Crippen LogP contribution in [-0.2, 0) is 16.7 Å². The fourth-order valence-corrected chi connectivity index (χ4v) is 4.91. The quantitative estimate of drug-likeness (QED) is 0.246. The Morgan fingerprint density at radius 3 is 2.46 bits per heavy atom. The first-order chi connectivity index (χ1) is 18.5. The van der Waals surface area contributed by atoms with Crippen molar-refractivity contribution in [3.63, 3.8) is 0 Å². The summed E-state index contributed by atoms with van der Waals surface area (Å²) in [5.74, 6) is 0.558. The number of benzene rings is 3. The van der Waals surface area contributed by atoms with Gasteiger partial charge in [0, 0.05) is 11.6 Å². The Kier molecular flexibility index (Phi) is 8.32. The number of hydrogen-bond donors (Lipinski definition) is 1. The molecule has 0 fully saturated rings. The Labute approximate surface area is 228 Å². The van der Waals surface area contributed by atoms with Crippen molar-refractivity contribution < 1.29 is 36.7 Å². The van der Waals surface area contributed by atoms with Crippen LogP contribution in [0, 0.1) is 6.92 Å². The highest BCUT2D eigenvalue weighted by Crippen LogP contribution is 2.39. The van der Waals surface area contributed by atoms with Crippen LogP contribution >= 0.6 is 0 Å². The van der Waals surface area contributed by atoms with Gasteiger partial charge in [-0.1, -0.05) is 24.6 Å². The standard InChI is InChI=1S/C30H32O8S/c1-5-16-35-22-9-12-24(28(17-22)38-39(33,34)23-10-6-20(2)7-11-23)26(32)19-36-29-21(18-31)8-13-27-25(29)14-15-30(3,4)37-27/h6-15,17,31H,5,16,18-19H2,1-4H3. The largest absolute Gasteiger partial charge is 0.493 e. The molecule has 0 bridgehead atoms. The molecule has 0 amide bonds. The molecule has 4 rings (SSSR count). The lowest BCUT2D eigenvalue weighted by Crippen LogP contribution is -2.27. The van der Waals surface area contributed by atoms with E-state index in [-0.39, 0.29) is 22.8 Å². The van der Waals surface area contributed by atoms with Crippen LogP contribution in [0.3, 0.4) is 0 Å². The van der Waals surface area contributed by atoms with Crippen molar-refractivity contribution in [1.29, 1.82) is 0 Å². The second-order valence-corrected chi connectivity index (χ2v) is 11.3. The summed E-state index contributed by atoms with van der Waals surface area (Å²) in [6.45, 7) is 7.29. The van der Waals surface area contributed by atoms with Gasteiger partial charge in [0.25, 0.3) is 0 Å². The van der Waals surface area contributed by atoms with Gasteiger partial charge in [-0.3, -0.25) is 4.79 Å². The number of rotatable bonds is 11. The number of hydrogen-bond acceptors (Lipinski definition) is 8. The molecule has 8 nitrogen and oxygen atoms in total. The van der Waals surface area contributed by atoms with Crippen molar-refractivity contribution in [3.8, 4) is 23.0 Å². The predicted octanol–water partition coefficient (Wildman–Crippen LogP) is 5.49. The number of ketones is 1.